The number of hydrogen-bond acceptors (Lipinski definition) is 3. The zero-order valence-electron chi connectivity index (χ0n) is 17.2. The molecule has 0 radical (unpaired) electrons. The van der Waals surface area contributed by atoms with Gasteiger partial charge in [0.2, 0.25) is 5.91 Å². The van der Waals surface area contributed by atoms with Gasteiger partial charge in [0.1, 0.15) is 0 Å². The molecule has 0 bridgehead atoms. The summed E-state index contributed by atoms with van der Waals surface area (Å²) in [6, 6.07) is 12.0. The quantitative estimate of drug-likeness (QED) is 0.785. The number of fused-ring (bicyclic) bond motifs is 1. The fourth-order valence-electron chi connectivity index (χ4n) is 4.44. The van der Waals surface area contributed by atoms with Gasteiger partial charge < -0.3 is 9.47 Å². The molecule has 1 fully saturated rings. The first-order chi connectivity index (χ1) is 14.2. The lowest BCUT2D eigenvalue weighted by molar-refractivity contribution is -0.133. The van der Waals surface area contributed by atoms with Crippen molar-refractivity contribution in [1.82, 2.24) is 14.4 Å². The third-order valence-electron chi connectivity index (χ3n) is 6.21. The highest BCUT2D eigenvalue weighted by atomic mass is 16.2. The molecule has 1 aromatic carbocycles. The van der Waals surface area contributed by atoms with Crippen molar-refractivity contribution in [2.24, 2.45) is 0 Å². The number of likely N-dealkylation sites (tertiary alicyclic amines) is 1. The Bertz CT molecular complexity index is 883. The number of benzene rings is 1. The Kier molecular flexibility index (Phi) is 6.45. The molecule has 0 atom stereocenters. The lowest BCUT2D eigenvalue weighted by Crippen LogP contribution is -2.43. The Balaban J connectivity index is 1.41. The summed E-state index contributed by atoms with van der Waals surface area (Å²) in [5.41, 5.74) is 3.51. The molecule has 1 saturated heterocycles. The summed E-state index contributed by atoms with van der Waals surface area (Å²) in [6.45, 7) is 4.60. The second-order valence-corrected chi connectivity index (χ2v) is 8.35. The number of amides is 1. The van der Waals surface area contributed by atoms with E-state index >= 15 is 0 Å². The van der Waals surface area contributed by atoms with Crippen molar-refractivity contribution in [1.29, 1.82) is 0 Å². The third kappa shape index (κ3) is 5.15. The number of rotatable bonds is 5. The molecule has 4 rings (SSSR count). The van der Waals surface area contributed by atoms with E-state index < -0.39 is 0 Å². The van der Waals surface area contributed by atoms with E-state index in [2.05, 4.69) is 17.0 Å². The highest BCUT2D eigenvalue weighted by Crippen LogP contribution is 2.18. The van der Waals surface area contributed by atoms with Crippen molar-refractivity contribution in [2.45, 2.75) is 51.6 Å². The van der Waals surface area contributed by atoms with Crippen LogP contribution in [0.3, 0.4) is 0 Å². The van der Waals surface area contributed by atoms with Gasteiger partial charge in [-0.25, -0.2) is 0 Å². The molecule has 1 aromatic heterocycles. The zero-order chi connectivity index (χ0) is 20.1. The molecule has 5 nitrogen and oxygen atoms in total. The number of carbonyl (C=O) groups is 1. The molecule has 2 aliphatic heterocycles. The highest BCUT2D eigenvalue weighted by Gasteiger charge is 2.23. The van der Waals surface area contributed by atoms with Crippen LogP contribution in [0, 0.1) is 0 Å². The van der Waals surface area contributed by atoms with Crippen LogP contribution in [0.4, 0.5) is 0 Å². The second-order valence-electron chi connectivity index (χ2n) is 8.35. The fraction of sp³-hybridized carbons (Fsp3) is 0.500. The molecule has 5 heteroatoms. The summed E-state index contributed by atoms with van der Waals surface area (Å²) in [5.74, 6) is 0.222. The van der Waals surface area contributed by atoms with Crippen LogP contribution in [0.25, 0.3) is 0 Å². The number of nitrogens with zero attached hydrogens (tertiary/aromatic N) is 3. The maximum Gasteiger partial charge on any atom is 0.250 e. The van der Waals surface area contributed by atoms with Crippen molar-refractivity contribution in [3.63, 3.8) is 0 Å². The molecule has 0 unspecified atom stereocenters. The van der Waals surface area contributed by atoms with E-state index in [-0.39, 0.29) is 11.5 Å². The summed E-state index contributed by atoms with van der Waals surface area (Å²) in [6.07, 6.45) is 8.54. The predicted octanol–water partition coefficient (Wildman–Crippen LogP) is 2.85. The lowest BCUT2D eigenvalue weighted by atomic mass is 10.0. The first kappa shape index (κ1) is 19.9. The summed E-state index contributed by atoms with van der Waals surface area (Å²) in [7, 11) is 0. The smallest absolute Gasteiger partial charge is 0.250 e. The van der Waals surface area contributed by atoms with Gasteiger partial charge in [-0.05, 0) is 55.5 Å². The number of pyridine rings is 1. The van der Waals surface area contributed by atoms with Crippen LogP contribution in [-0.4, -0.2) is 46.5 Å². The van der Waals surface area contributed by atoms with Gasteiger partial charge in [-0.2, -0.15) is 0 Å². The maximum atomic E-state index is 12.9. The molecule has 0 spiro atoms. The Labute approximate surface area is 172 Å². The average Bonchev–Trinajstić information content (AvgIpc) is 3.01. The molecular formula is C24H31N3O2. The van der Waals surface area contributed by atoms with Crippen molar-refractivity contribution >= 4 is 5.91 Å². The highest BCUT2D eigenvalue weighted by molar-refractivity contribution is 5.78. The Hall–Kier alpha value is -2.40. The van der Waals surface area contributed by atoms with Gasteiger partial charge in [0.15, 0.2) is 0 Å². The predicted molar refractivity (Wildman–Crippen MR) is 115 cm³/mol. The molecule has 0 aliphatic carbocycles. The van der Waals surface area contributed by atoms with Crippen molar-refractivity contribution in [3.8, 4) is 0 Å². The number of aromatic nitrogens is 1. The van der Waals surface area contributed by atoms with Gasteiger partial charge in [0.05, 0.1) is 6.54 Å². The van der Waals surface area contributed by atoms with Gasteiger partial charge in [0, 0.05) is 31.9 Å². The summed E-state index contributed by atoms with van der Waals surface area (Å²) in [4.78, 5) is 29.6. The topological polar surface area (TPSA) is 45.6 Å². The normalized spacial score (nSPS) is 17.6. The molecular weight excluding hydrogens is 362 g/mol. The van der Waals surface area contributed by atoms with Crippen molar-refractivity contribution < 1.29 is 4.79 Å². The van der Waals surface area contributed by atoms with E-state index in [9.17, 15) is 9.59 Å². The first-order valence-corrected chi connectivity index (χ1v) is 11.0. The summed E-state index contributed by atoms with van der Waals surface area (Å²) in [5, 5.41) is 0. The van der Waals surface area contributed by atoms with Crippen molar-refractivity contribution in [2.75, 3.05) is 26.2 Å². The van der Waals surface area contributed by atoms with Crippen LogP contribution in [0.1, 0.15) is 42.4 Å². The number of hydrogen-bond donors (Lipinski definition) is 0. The van der Waals surface area contributed by atoms with Crippen LogP contribution in [0.5, 0.6) is 0 Å². The Morgan fingerprint density at radius 1 is 0.931 bits per heavy atom. The minimum absolute atomic E-state index is 0.0593. The molecule has 154 valence electrons. The number of carbonyl (C=O) groups excluding carboxylic acids is 1. The second kappa shape index (κ2) is 9.40. The van der Waals surface area contributed by atoms with Crippen LogP contribution in [0.15, 0.2) is 47.4 Å². The standard InChI is InChI=1S/C24H31N3O2/c28-23-16-21-11-15-27(24(29)19-25-12-6-1-2-7-13-25)18-22(21)17-26(23)14-10-20-8-4-3-5-9-20/h3-5,8-9,16-17H,1-2,6-7,10-15,18-19H2. The minimum Gasteiger partial charge on any atom is -0.337 e. The van der Waals surface area contributed by atoms with Gasteiger partial charge in [-0.1, -0.05) is 43.2 Å². The molecule has 0 N–H and O–H groups in total. The third-order valence-corrected chi connectivity index (χ3v) is 6.21. The Morgan fingerprint density at radius 3 is 2.45 bits per heavy atom. The van der Waals surface area contributed by atoms with Gasteiger partial charge in [-0.15, -0.1) is 0 Å². The largest absolute Gasteiger partial charge is 0.337 e. The van der Waals surface area contributed by atoms with E-state index in [0.717, 1.165) is 37.1 Å². The van der Waals surface area contributed by atoms with Crippen LogP contribution >= 0.6 is 0 Å². The SMILES string of the molecule is O=C(CN1CCCCCC1)N1CCc2cc(=O)n(CCc3ccccc3)cc2C1. The van der Waals surface area contributed by atoms with Crippen LogP contribution in [0.2, 0.25) is 0 Å². The molecule has 1 amide bonds. The van der Waals surface area contributed by atoms with E-state index in [0.29, 0.717) is 26.2 Å². The minimum atomic E-state index is 0.0593. The van der Waals surface area contributed by atoms with E-state index in [4.69, 9.17) is 0 Å². The average molecular weight is 394 g/mol. The fourth-order valence-corrected chi connectivity index (χ4v) is 4.44. The van der Waals surface area contributed by atoms with Crippen LogP contribution in [-0.2, 0) is 30.7 Å². The van der Waals surface area contributed by atoms with E-state index in [1.165, 1.54) is 31.2 Å². The monoisotopic (exact) mass is 393 g/mol. The van der Waals surface area contributed by atoms with Gasteiger partial charge >= 0.3 is 0 Å². The van der Waals surface area contributed by atoms with Gasteiger partial charge in [0.25, 0.3) is 5.56 Å². The first-order valence-electron chi connectivity index (χ1n) is 11.0. The summed E-state index contributed by atoms with van der Waals surface area (Å²) >= 11 is 0. The molecule has 29 heavy (non-hydrogen) atoms. The van der Waals surface area contributed by atoms with E-state index in [1.807, 2.05) is 29.3 Å². The zero-order valence-corrected chi connectivity index (χ0v) is 17.2. The van der Waals surface area contributed by atoms with Crippen molar-refractivity contribution in [3.05, 3.63) is 69.6 Å². The molecule has 3 heterocycles. The number of aryl methyl sites for hydroxylation is 2. The lowest BCUT2D eigenvalue weighted by Gasteiger charge is -2.31. The van der Waals surface area contributed by atoms with Crippen LogP contribution < -0.4 is 5.56 Å². The van der Waals surface area contributed by atoms with Gasteiger partial charge in [-0.3, -0.25) is 14.5 Å². The van der Waals surface area contributed by atoms with E-state index in [1.54, 1.807) is 10.6 Å². The summed E-state index contributed by atoms with van der Waals surface area (Å²) < 4.78 is 1.80. The maximum absolute atomic E-state index is 12.9. The molecule has 2 aromatic rings. The molecule has 2 aliphatic rings. The molecule has 0 saturated carbocycles. The Morgan fingerprint density at radius 2 is 1.69 bits per heavy atom.